The van der Waals surface area contributed by atoms with E-state index in [1.807, 2.05) is 0 Å². The Morgan fingerprint density at radius 2 is 2.27 bits per heavy atom. The first kappa shape index (κ1) is 12.1. The minimum atomic E-state index is -0.149. The fourth-order valence-electron chi connectivity index (χ4n) is 0.997. The third-order valence-corrected chi connectivity index (χ3v) is 2.38. The molecule has 0 aromatic heterocycles. The Morgan fingerprint density at radius 1 is 1.53 bits per heavy atom. The number of hydrogen-bond donors (Lipinski definition) is 0. The van der Waals surface area contributed by atoms with E-state index >= 15 is 0 Å². The molecule has 4 heteroatoms. The number of ether oxygens (including phenoxy) is 1. The van der Waals surface area contributed by atoms with Crippen LogP contribution in [0.4, 0.5) is 0 Å². The van der Waals surface area contributed by atoms with E-state index in [1.165, 1.54) is 6.08 Å². The monoisotopic (exact) mass is 244 g/mol. The van der Waals surface area contributed by atoms with Crippen molar-refractivity contribution in [2.45, 2.75) is 0 Å². The number of carbonyl (C=O) groups excluding carboxylic acids is 1. The number of ketones is 1. The highest BCUT2D eigenvalue weighted by Crippen LogP contribution is 2.23. The molecule has 1 aromatic rings. The van der Waals surface area contributed by atoms with Crippen LogP contribution in [0.2, 0.25) is 5.02 Å². The van der Waals surface area contributed by atoms with E-state index in [0.717, 1.165) is 5.56 Å². The lowest BCUT2D eigenvalue weighted by Gasteiger charge is -2.02. The van der Waals surface area contributed by atoms with Gasteiger partial charge in [0.2, 0.25) is 0 Å². The number of benzene rings is 1. The van der Waals surface area contributed by atoms with E-state index in [0.29, 0.717) is 10.8 Å². The van der Waals surface area contributed by atoms with E-state index in [2.05, 4.69) is 0 Å². The molecular formula is C11H10Cl2O2. The SMILES string of the molecule is COc1ccc(C=CC(=O)CCl)c(Cl)c1. The van der Waals surface area contributed by atoms with Crippen LogP contribution in [0.3, 0.4) is 0 Å². The van der Waals surface area contributed by atoms with E-state index in [4.69, 9.17) is 27.9 Å². The maximum absolute atomic E-state index is 10.9. The molecule has 0 heterocycles. The predicted octanol–water partition coefficient (Wildman–Crippen LogP) is 3.17. The average Bonchev–Trinajstić information content (AvgIpc) is 2.26. The predicted molar refractivity (Wildman–Crippen MR) is 62.8 cm³/mol. The molecule has 2 nitrogen and oxygen atoms in total. The summed E-state index contributed by atoms with van der Waals surface area (Å²) in [7, 11) is 1.57. The molecule has 0 aliphatic carbocycles. The molecule has 1 rings (SSSR count). The van der Waals surface area contributed by atoms with Crippen molar-refractivity contribution in [1.82, 2.24) is 0 Å². The van der Waals surface area contributed by atoms with Crippen molar-refractivity contribution in [2.24, 2.45) is 0 Å². The number of halogens is 2. The van der Waals surface area contributed by atoms with Crippen LogP contribution >= 0.6 is 23.2 Å². The van der Waals surface area contributed by atoms with Gasteiger partial charge in [-0.1, -0.05) is 11.6 Å². The molecule has 0 radical (unpaired) electrons. The van der Waals surface area contributed by atoms with Crippen molar-refractivity contribution in [3.8, 4) is 5.75 Å². The first-order valence-electron chi connectivity index (χ1n) is 4.28. The Morgan fingerprint density at radius 3 is 2.80 bits per heavy atom. The third-order valence-electron chi connectivity index (χ3n) is 1.79. The molecular weight excluding hydrogens is 235 g/mol. The van der Waals surface area contributed by atoms with Gasteiger partial charge in [-0.25, -0.2) is 0 Å². The first-order chi connectivity index (χ1) is 7.17. The highest BCUT2D eigenvalue weighted by Gasteiger charge is 1.99. The Kier molecular flexibility index (Phi) is 4.66. The molecule has 0 N–H and O–H groups in total. The van der Waals surface area contributed by atoms with Crippen molar-refractivity contribution in [2.75, 3.05) is 13.0 Å². The van der Waals surface area contributed by atoms with E-state index in [1.54, 1.807) is 31.4 Å². The lowest BCUT2D eigenvalue weighted by Crippen LogP contribution is -1.92. The minimum absolute atomic E-state index is 0.0235. The molecule has 15 heavy (non-hydrogen) atoms. The molecule has 0 spiro atoms. The van der Waals surface area contributed by atoms with Crippen LogP contribution in [0.15, 0.2) is 24.3 Å². The van der Waals surface area contributed by atoms with E-state index in [9.17, 15) is 4.79 Å². The molecule has 0 amide bonds. The summed E-state index contributed by atoms with van der Waals surface area (Å²) in [4.78, 5) is 10.9. The summed E-state index contributed by atoms with van der Waals surface area (Å²) >= 11 is 11.3. The highest BCUT2D eigenvalue weighted by molar-refractivity contribution is 6.32. The number of hydrogen-bond acceptors (Lipinski definition) is 2. The van der Waals surface area contributed by atoms with Crippen molar-refractivity contribution in [3.63, 3.8) is 0 Å². The molecule has 1 aromatic carbocycles. The van der Waals surface area contributed by atoms with Gasteiger partial charge >= 0.3 is 0 Å². The largest absolute Gasteiger partial charge is 0.497 e. The minimum Gasteiger partial charge on any atom is -0.497 e. The van der Waals surface area contributed by atoms with Gasteiger partial charge in [0.05, 0.1) is 18.0 Å². The Hall–Kier alpha value is -0.990. The molecule has 0 fully saturated rings. The Balaban J connectivity index is 2.87. The summed E-state index contributed by atoms with van der Waals surface area (Å²) in [5.74, 6) is 0.508. The molecule has 0 saturated heterocycles. The van der Waals surface area contributed by atoms with Crippen LogP contribution in [0.5, 0.6) is 5.75 Å². The zero-order valence-electron chi connectivity index (χ0n) is 8.17. The van der Waals surface area contributed by atoms with Crippen molar-refractivity contribution in [3.05, 3.63) is 34.9 Å². The number of carbonyl (C=O) groups is 1. The first-order valence-corrected chi connectivity index (χ1v) is 5.19. The second kappa shape index (κ2) is 5.79. The smallest absolute Gasteiger partial charge is 0.170 e. The lowest BCUT2D eigenvalue weighted by molar-refractivity contribution is -0.112. The van der Waals surface area contributed by atoms with Crippen LogP contribution in [-0.4, -0.2) is 18.8 Å². The van der Waals surface area contributed by atoms with Gasteiger partial charge in [-0.2, -0.15) is 0 Å². The van der Waals surface area contributed by atoms with Gasteiger partial charge in [-0.15, -0.1) is 11.6 Å². The standard InChI is InChI=1S/C11H10Cl2O2/c1-15-10-5-3-8(11(13)6-10)2-4-9(14)7-12/h2-6H,7H2,1H3. The number of rotatable bonds is 4. The highest BCUT2D eigenvalue weighted by atomic mass is 35.5. The maximum atomic E-state index is 10.9. The number of alkyl halides is 1. The van der Waals surface area contributed by atoms with Crippen LogP contribution in [0.1, 0.15) is 5.56 Å². The summed E-state index contributed by atoms with van der Waals surface area (Å²) in [5, 5.41) is 0.535. The second-order valence-electron chi connectivity index (χ2n) is 2.82. The summed E-state index contributed by atoms with van der Waals surface area (Å²) in [6, 6.07) is 5.24. The van der Waals surface area contributed by atoms with Crippen LogP contribution in [-0.2, 0) is 4.79 Å². The lowest BCUT2D eigenvalue weighted by atomic mass is 10.2. The molecule has 0 unspecified atom stereocenters. The maximum Gasteiger partial charge on any atom is 0.170 e. The van der Waals surface area contributed by atoms with Gasteiger partial charge in [0, 0.05) is 0 Å². The molecule has 0 atom stereocenters. The quantitative estimate of drug-likeness (QED) is 0.601. The van der Waals surface area contributed by atoms with Crippen molar-refractivity contribution >= 4 is 35.1 Å². The van der Waals surface area contributed by atoms with Crippen LogP contribution in [0.25, 0.3) is 6.08 Å². The molecule has 0 saturated carbocycles. The summed E-state index contributed by atoms with van der Waals surface area (Å²) in [6.07, 6.45) is 3.03. The van der Waals surface area contributed by atoms with Crippen molar-refractivity contribution < 1.29 is 9.53 Å². The molecule has 0 aliphatic heterocycles. The fourth-order valence-corrected chi connectivity index (χ4v) is 1.32. The van der Waals surface area contributed by atoms with Gasteiger partial charge in [0.15, 0.2) is 5.78 Å². The number of allylic oxidation sites excluding steroid dienone is 1. The van der Waals surface area contributed by atoms with Gasteiger partial charge < -0.3 is 4.74 Å². The Bertz CT molecular complexity index is 386. The normalized spacial score (nSPS) is 10.6. The zero-order valence-corrected chi connectivity index (χ0v) is 9.68. The van der Waals surface area contributed by atoms with Crippen molar-refractivity contribution in [1.29, 1.82) is 0 Å². The van der Waals surface area contributed by atoms with E-state index < -0.39 is 0 Å². The summed E-state index contributed by atoms with van der Waals surface area (Å²) in [6.45, 7) is 0. The van der Waals surface area contributed by atoms with E-state index in [-0.39, 0.29) is 11.7 Å². The fraction of sp³-hybridized carbons (Fsp3) is 0.182. The molecule has 0 bridgehead atoms. The summed E-state index contributed by atoms with van der Waals surface area (Å²) in [5.41, 5.74) is 0.760. The molecule has 80 valence electrons. The summed E-state index contributed by atoms with van der Waals surface area (Å²) < 4.78 is 5.00. The second-order valence-corrected chi connectivity index (χ2v) is 3.50. The molecule has 0 aliphatic rings. The average molecular weight is 245 g/mol. The van der Waals surface area contributed by atoms with Gasteiger partial charge in [0.1, 0.15) is 5.75 Å². The zero-order chi connectivity index (χ0) is 11.3. The topological polar surface area (TPSA) is 26.3 Å². The Labute approximate surface area is 98.4 Å². The van der Waals surface area contributed by atoms with Gasteiger partial charge in [0.25, 0.3) is 0 Å². The van der Waals surface area contributed by atoms with Crippen LogP contribution < -0.4 is 4.74 Å². The van der Waals surface area contributed by atoms with Crippen LogP contribution in [0, 0.1) is 0 Å². The van der Waals surface area contributed by atoms with Gasteiger partial charge in [-0.05, 0) is 35.9 Å². The number of methoxy groups -OCH3 is 1. The third kappa shape index (κ3) is 3.57. The van der Waals surface area contributed by atoms with Gasteiger partial charge in [-0.3, -0.25) is 4.79 Å².